The van der Waals surface area contributed by atoms with E-state index < -0.39 is 0 Å². The maximum atomic E-state index is 12.1. The van der Waals surface area contributed by atoms with Crippen LogP contribution in [0.3, 0.4) is 0 Å². The lowest BCUT2D eigenvalue weighted by atomic mass is 10.2. The molecule has 1 atom stereocenters. The van der Waals surface area contributed by atoms with Gasteiger partial charge in [-0.15, -0.1) is 0 Å². The zero-order valence-corrected chi connectivity index (χ0v) is 13.9. The third kappa shape index (κ3) is 3.58. The Morgan fingerprint density at radius 1 is 1.17 bits per heavy atom. The number of hydrogen-bond donors (Lipinski definition) is 2. The molecule has 1 unspecified atom stereocenters. The van der Waals surface area contributed by atoms with Gasteiger partial charge in [0.05, 0.1) is 10.8 Å². The molecular weight excluding hydrogens is 308 g/mol. The molecule has 2 aliphatic rings. The highest BCUT2D eigenvalue weighted by Crippen LogP contribution is 2.31. The number of benzene rings is 1. The Balaban J connectivity index is 1.56. The summed E-state index contributed by atoms with van der Waals surface area (Å²) in [4.78, 5) is 21.4. The highest BCUT2D eigenvalue weighted by molar-refractivity contribution is 8.00. The molecule has 0 bridgehead atoms. The molecule has 0 spiro atoms. The number of fused-ring (bicyclic) bond motifs is 1. The molecule has 2 saturated carbocycles. The maximum Gasteiger partial charge on any atom is 0.233 e. The van der Waals surface area contributed by atoms with Crippen LogP contribution >= 0.6 is 11.8 Å². The summed E-state index contributed by atoms with van der Waals surface area (Å²) in [7, 11) is 0. The van der Waals surface area contributed by atoms with Gasteiger partial charge < -0.3 is 10.6 Å². The number of nitrogens with zero attached hydrogens (tertiary/aromatic N) is 2. The van der Waals surface area contributed by atoms with E-state index in [0.717, 1.165) is 29.6 Å². The minimum absolute atomic E-state index is 0.0750. The lowest BCUT2D eigenvalue weighted by molar-refractivity contribution is -0.120. The largest absolute Gasteiger partial charge is 0.367 e. The van der Waals surface area contributed by atoms with Crippen LogP contribution in [0.25, 0.3) is 10.9 Å². The molecule has 1 aromatic heterocycles. The van der Waals surface area contributed by atoms with Gasteiger partial charge in [-0.2, -0.15) is 0 Å². The summed E-state index contributed by atoms with van der Waals surface area (Å²) in [6, 6.07) is 8.93. The van der Waals surface area contributed by atoms with Crippen molar-refractivity contribution in [3.05, 3.63) is 24.3 Å². The summed E-state index contributed by atoms with van der Waals surface area (Å²) < 4.78 is 0. The molecule has 0 radical (unpaired) electrons. The van der Waals surface area contributed by atoms with Gasteiger partial charge in [-0.1, -0.05) is 23.9 Å². The van der Waals surface area contributed by atoms with Crippen molar-refractivity contribution < 1.29 is 4.79 Å². The van der Waals surface area contributed by atoms with E-state index >= 15 is 0 Å². The Morgan fingerprint density at radius 2 is 1.91 bits per heavy atom. The average Bonchev–Trinajstić information content (AvgIpc) is 3.43. The molecule has 2 aromatic rings. The van der Waals surface area contributed by atoms with E-state index in [1.54, 1.807) is 0 Å². The summed E-state index contributed by atoms with van der Waals surface area (Å²) in [5.41, 5.74) is 0.919. The molecule has 0 saturated heterocycles. The van der Waals surface area contributed by atoms with Crippen LogP contribution < -0.4 is 10.6 Å². The third-order valence-corrected chi connectivity index (χ3v) is 5.04. The van der Waals surface area contributed by atoms with Gasteiger partial charge in [-0.05, 0) is 44.7 Å². The summed E-state index contributed by atoms with van der Waals surface area (Å²) in [5.74, 6) is 0.960. The number of carbonyl (C=O) groups excluding carboxylic acids is 1. The second kappa shape index (κ2) is 6.00. The Kier molecular flexibility index (Phi) is 3.85. The summed E-state index contributed by atoms with van der Waals surface area (Å²) in [5, 5.41) is 8.02. The van der Waals surface area contributed by atoms with E-state index in [0.29, 0.717) is 17.2 Å². The predicted molar refractivity (Wildman–Crippen MR) is 92.7 cm³/mol. The topological polar surface area (TPSA) is 66.9 Å². The zero-order chi connectivity index (χ0) is 15.8. The van der Waals surface area contributed by atoms with Gasteiger partial charge in [0.25, 0.3) is 0 Å². The summed E-state index contributed by atoms with van der Waals surface area (Å²) in [6.07, 6.45) is 4.60. The number of anilines is 1. The van der Waals surface area contributed by atoms with Crippen molar-refractivity contribution in [2.75, 3.05) is 5.32 Å². The van der Waals surface area contributed by atoms with Gasteiger partial charge in [0.1, 0.15) is 5.82 Å². The molecule has 120 valence electrons. The standard InChI is InChI=1S/C17H20N4OS/c1-10(16(22)19-12-8-9-12)23-17-20-14-5-3-2-4-13(14)15(21-17)18-11-6-7-11/h2-5,10-12H,6-9H2,1H3,(H,19,22)(H,18,20,21). The van der Waals surface area contributed by atoms with Crippen molar-refractivity contribution in [2.45, 2.75) is 55.1 Å². The molecule has 6 heteroatoms. The number of hydrogen-bond acceptors (Lipinski definition) is 5. The van der Waals surface area contributed by atoms with E-state index in [1.165, 1.54) is 24.6 Å². The van der Waals surface area contributed by atoms with Crippen LogP contribution in [0.4, 0.5) is 5.82 Å². The number of thioether (sulfide) groups is 1. The fourth-order valence-corrected chi connectivity index (χ4v) is 3.18. The Labute approximate surface area is 139 Å². The molecule has 2 fully saturated rings. The van der Waals surface area contributed by atoms with Crippen molar-refractivity contribution in [3.63, 3.8) is 0 Å². The van der Waals surface area contributed by atoms with Crippen molar-refractivity contribution in [1.29, 1.82) is 0 Å². The number of para-hydroxylation sites is 1. The van der Waals surface area contributed by atoms with Crippen molar-refractivity contribution in [3.8, 4) is 0 Å². The molecule has 2 aliphatic carbocycles. The highest BCUT2D eigenvalue weighted by Gasteiger charge is 2.27. The van der Waals surface area contributed by atoms with Gasteiger partial charge >= 0.3 is 0 Å². The minimum Gasteiger partial charge on any atom is -0.367 e. The van der Waals surface area contributed by atoms with Crippen LogP contribution in [0.5, 0.6) is 0 Å². The van der Waals surface area contributed by atoms with E-state index in [-0.39, 0.29) is 11.2 Å². The quantitative estimate of drug-likeness (QED) is 0.630. The lowest BCUT2D eigenvalue weighted by Gasteiger charge is -2.13. The van der Waals surface area contributed by atoms with E-state index in [2.05, 4.69) is 20.6 Å². The minimum atomic E-state index is -0.189. The second-order valence-electron chi connectivity index (χ2n) is 6.33. The number of aromatic nitrogens is 2. The van der Waals surface area contributed by atoms with E-state index in [4.69, 9.17) is 0 Å². The molecule has 23 heavy (non-hydrogen) atoms. The Hall–Kier alpha value is -1.82. The molecule has 4 rings (SSSR count). The number of carbonyl (C=O) groups is 1. The first kappa shape index (κ1) is 14.8. The summed E-state index contributed by atoms with van der Waals surface area (Å²) in [6.45, 7) is 1.91. The number of nitrogens with one attached hydrogen (secondary N) is 2. The first-order chi connectivity index (χ1) is 11.2. The van der Waals surface area contributed by atoms with Crippen LogP contribution in [-0.2, 0) is 4.79 Å². The molecule has 1 amide bonds. The average molecular weight is 328 g/mol. The van der Waals surface area contributed by atoms with Gasteiger partial charge in [0.2, 0.25) is 5.91 Å². The molecule has 2 N–H and O–H groups in total. The van der Waals surface area contributed by atoms with Crippen molar-refractivity contribution in [2.24, 2.45) is 0 Å². The SMILES string of the molecule is CC(Sc1nc(NC2CC2)c2ccccc2n1)C(=O)NC1CC1. The highest BCUT2D eigenvalue weighted by atomic mass is 32.2. The van der Waals surface area contributed by atoms with Crippen molar-refractivity contribution in [1.82, 2.24) is 15.3 Å². The van der Waals surface area contributed by atoms with Crippen LogP contribution in [0.2, 0.25) is 0 Å². The number of amides is 1. The fraction of sp³-hybridized carbons (Fsp3) is 0.471. The Morgan fingerprint density at radius 3 is 2.65 bits per heavy atom. The molecule has 0 aliphatic heterocycles. The zero-order valence-electron chi connectivity index (χ0n) is 13.1. The van der Waals surface area contributed by atoms with Crippen LogP contribution in [0.15, 0.2) is 29.4 Å². The van der Waals surface area contributed by atoms with Crippen LogP contribution in [0.1, 0.15) is 32.6 Å². The molecule has 1 heterocycles. The van der Waals surface area contributed by atoms with Crippen LogP contribution in [-0.4, -0.2) is 33.2 Å². The first-order valence-electron chi connectivity index (χ1n) is 8.19. The van der Waals surface area contributed by atoms with Gasteiger partial charge in [0.15, 0.2) is 5.16 Å². The first-order valence-corrected chi connectivity index (χ1v) is 9.07. The Bertz CT molecular complexity index is 742. The van der Waals surface area contributed by atoms with E-state index in [9.17, 15) is 4.79 Å². The monoisotopic (exact) mass is 328 g/mol. The normalized spacial score (nSPS) is 18.7. The van der Waals surface area contributed by atoms with E-state index in [1.807, 2.05) is 31.2 Å². The third-order valence-electron chi connectivity index (χ3n) is 4.08. The molecule has 5 nitrogen and oxygen atoms in total. The fourth-order valence-electron chi connectivity index (χ4n) is 2.40. The van der Waals surface area contributed by atoms with Gasteiger partial charge in [-0.3, -0.25) is 4.79 Å². The molecule has 1 aromatic carbocycles. The van der Waals surface area contributed by atoms with Crippen LogP contribution in [0, 0.1) is 0 Å². The predicted octanol–water partition coefficient (Wildman–Crippen LogP) is 2.96. The summed E-state index contributed by atoms with van der Waals surface area (Å²) >= 11 is 1.42. The lowest BCUT2D eigenvalue weighted by Crippen LogP contribution is -2.32. The van der Waals surface area contributed by atoms with Gasteiger partial charge in [-0.25, -0.2) is 9.97 Å². The second-order valence-corrected chi connectivity index (χ2v) is 7.64. The van der Waals surface area contributed by atoms with Gasteiger partial charge in [0, 0.05) is 17.5 Å². The molecular formula is C17H20N4OS. The van der Waals surface area contributed by atoms with Crippen molar-refractivity contribution >= 4 is 34.4 Å². The smallest absolute Gasteiger partial charge is 0.233 e. The number of rotatable bonds is 6. The maximum absolute atomic E-state index is 12.1.